The second-order valence-corrected chi connectivity index (χ2v) is 9.65. The standard InChI is InChI=1S/C27H30F3N5O4/c1-17-24(26(37)39-2)25(19-6-7-21(29)22(30)13-19)35(27(38)32-17)34(16-36)15-20(28)14-33-11-8-18(9-12-33)23-5-3-4-10-31-23/h3-7,10,13,16,18,20,24-25H,8-9,11-12,14-15H2,1-2H3. The zero-order chi connectivity index (χ0) is 28.1. The average molecular weight is 546 g/mol. The maximum atomic E-state index is 15.3. The Balaban J connectivity index is 1.51. The number of nitrogens with zero attached hydrogens (tertiary/aromatic N) is 5. The molecule has 0 radical (unpaired) electrons. The molecule has 39 heavy (non-hydrogen) atoms. The summed E-state index contributed by atoms with van der Waals surface area (Å²) >= 11 is 0. The van der Waals surface area contributed by atoms with Crippen LogP contribution in [0.15, 0.2) is 47.6 Å². The molecule has 3 atom stereocenters. The lowest BCUT2D eigenvalue weighted by Gasteiger charge is -2.43. The molecule has 0 aliphatic carbocycles. The number of urea groups is 1. The number of hydrogen-bond acceptors (Lipinski definition) is 6. The van der Waals surface area contributed by atoms with E-state index in [-0.39, 0.29) is 30.1 Å². The fourth-order valence-electron chi connectivity index (χ4n) is 5.24. The number of esters is 1. The van der Waals surface area contributed by atoms with Gasteiger partial charge in [-0.3, -0.25) is 14.6 Å². The van der Waals surface area contributed by atoms with Crippen LogP contribution in [0.25, 0.3) is 0 Å². The summed E-state index contributed by atoms with van der Waals surface area (Å²) < 4.78 is 48.1. The van der Waals surface area contributed by atoms with Crippen molar-refractivity contribution in [3.63, 3.8) is 0 Å². The van der Waals surface area contributed by atoms with Gasteiger partial charge in [0.15, 0.2) is 11.6 Å². The normalized spacial score (nSPS) is 21.3. The first kappa shape index (κ1) is 28.2. The molecule has 0 spiro atoms. The zero-order valence-corrected chi connectivity index (χ0v) is 21.7. The van der Waals surface area contributed by atoms with E-state index in [2.05, 4.69) is 9.98 Å². The largest absolute Gasteiger partial charge is 0.468 e. The molecule has 4 rings (SSSR count). The Labute approximate surface area is 224 Å². The van der Waals surface area contributed by atoms with E-state index < -0.39 is 48.3 Å². The van der Waals surface area contributed by atoms with Crippen molar-refractivity contribution in [3.05, 3.63) is 65.5 Å². The highest BCUT2D eigenvalue weighted by atomic mass is 19.2. The number of pyridine rings is 1. The van der Waals surface area contributed by atoms with Crippen LogP contribution in [0, 0.1) is 17.6 Å². The van der Waals surface area contributed by atoms with Gasteiger partial charge in [-0.1, -0.05) is 12.1 Å². The molecule has 1 aromatic heterocycles. The fourth-order valence-corrected chi connectivity index (χ4v) is 5.24. The molecule has 3 amide bonds. The van der Waals surface area contributed by atoms with Crippen LogP contribution in [0.4, 0.5) is 18.0 Å². The number of alkyl halides is 1. The van der Waals surface area contributed by atoms with Gasteiger partial charge in [-0.15, -0.1) is 0 Å². The van der Waals surface area contributed by atoms with Crippen molar-refractivity contribution in [1.29, 1.82) is 0 Å². The van der Waals surface area contributed by atoms with Crippen LogP contribution >= 0.6 is 0 Å². The van der Waals surface area contributed by atoms with Gasteiger partial charge >= 0.3 is 12.0 Å². The van der Waals surface area contributed by atoms with Crippen LogP contribution < -0.4 is 0 Å². The number of hydrazine groups is 1. The number of rotatable bonds is 9. The van der Waals surface area contributed by atoms with Crippen LogP contribution in [0.1, 0.15) is 43.0 Å². The van der Waals surface area contributed by atoms with Gasteiger partial charge in [0.25, 0.3) is 0 Å². The summed E-state index contributed by atoms with van der Waals surface area (Å²) in [5, 5.41) is 1.61. The molecule has 1 aromatic carbocycles. The number of piperidine rings is 1. The summed E-state index contributed by atoms with van der Waals surface area (Å²) in [6, 6.07) is 6.38. The van der Waals surface area contributed by atoms with E-state index in [1.165, 1.54) is 13.0 Å². The van der Waals surface area contributed by atoms with E-state index in [9.17, 15) is 23.2 Å². The molecule has 0 saturated carbocycles. The number of ether oxygens (including phenoxy) is 1. The van der Waals surface area contributed by atoms with Gasteiger partial charge in [0, 0.05) is 30.1 Å². The summed E-state index contributed by atoms with van der Waals surface area (Å²) in [5.74, 6) is -4.09. The minimum absolute atomic E-state index is 0.0138. The first-order valence-electron chi connectivity index (χ1n) is 12.6. The molecule has 12 heteroatoms. The Kier molecular flexibility index (Phi) is 8.95. The average Bonchev–Trinajstić information content (AvgIpc) is 2.93. The van der Waals surface area contributed by atoms with Crippen molar-refractivity contribution in [3.8, 4) is 0 Å². The third-order valence-electron chi connectivity index (χ3n) is 7.17. The molecule has 9 nitrogen and oxygen atoms in total. The maximum absolute atomic E-state index is 15.3. The maximum Gasteiger partial charge on any atom is 0.362 e. The van der Waals surface area contributed by atoms with Crippen LogP contribution in [0.3, 0.4) is 0 Å². The summed E-state index contributed by atoms with van der Waals surface area (Å²) in [4.78, 5) is 48.1. The third-order valence-corrected chi connectivity index (χ3v) is 7.17. The number of aromatic nitrogens is 1. The number of likely N-dealkylation sites (tertiary alicyclic amines) is 1. The predicted molar refractivity (Wildman–Crippen MR) is 135 cm³/mol. The Bertz CT molecular complexity index is 1220. The highest BCUT2D eigenvalue weighted by Crippen LogP contribution is 2.36. The van der Waals surface area contributed by atoms with Gasteiger partial charge in [-0.25, -0.2) is 33.0 Å². The van der Waals surface area contributed by atoms with Gasteiger partial charge in [-0.2, -0.15) is 0 Å². The van der Waals surface area contributed by atoms with Crippen molar-refractivity contribution in [2.45, 2.75) is 37.9 Å². The lowest BCUT2D eigenvalue weighted by atomic mass is 9.87. The Morgan fingerprint density at radius 1 is 1.21 bits per heavy atom. The molecule has 3 unspecified atom stereocenters. The van der Waals surface area contributed by atoms with E-state index in [4.69, 9.17) is 4.74 Å². The van der Waals surface area contributed by atoms with Gasteiger partial charge in [0.1, 0.15) is 12.1 Å². The molecule has 2 aliphatic heterocycles. The van der Waals surface area contributed by atoms with Crippen molar-refractivity contribution in [2.24, 2.45) is 10.9 Å². The molecule has 0 bridgehead atoms. The minimum Gasteiger partial charge on any atom is -0.468 e. The molecular formula is C27H30F3N5O4. The number of aliphatic imine (C=N–C) groups is 1. The number of amides is 3. The van der Waals surface area contributed by atoms with Crippen molar-refractivity contribution in [1.82, 2.24) is 19.9 Å². The van der Waals surface area contributed by atoms with E-state index in [1.54, 1.807) is 6.20 Å². The molecule has 3 heterocycles. The second-order valence-electron chi connectivity index (χ2n) is 9.65. The highest BCUT2D eigenvalue weighted by molar-refractivity contribution is 6.08. The van der Waals surface area contributed by atoms with E-state index in [0.29, 0.717) is 13.1 Å². The molecule has 1 fully saturated rings. The van der Waals surface area contributed by atoms with Crippen LogP contribution in [0.2, 0.25) is 0 Å². The van der Waals surface area contributed by atoms with Gasteiger partial charge < -0.3 is 9.64 Å². The number of hydrogen-bond donors (Lipinski definition) is 0. The van der Waals surface area contributed by atoms with E-state index in [0.717, 1.165) is 47.8 Å². The topological polar surface area (TPSA) is 95.4 Å². The SMILES string of the molecule is COC(=O)C1C(C)=NC(=O)N(N(C=O)CC(F)CN2CCC(c3ccccn3)CC2)C1c1ccc(F)c(F)c1. The number of methoxy groups -OCH3 is 1. The van der Waals surface area contributed by atoms with Gasteiger partial charge in [0.2, 0.25) is 6.41 Å². The van der Waals surface area contributed by atoms with Crippen molar-refractivity contribution in [2.75, 3.05) is 33.3 Å². The van der Waals surface area contributed by atoms with Crippen molar-refractivity contribution >= 4 is 24.1 Å². The second kappa shape index (κ2) is 12.4. The summed E-state index contributed by atoms with van der Waals surface area (Å²) in [5.41, 5.74) is 1.09. The van der Waals surface area contributed by atoms with Crippen LogP contribution in [-0.2, 0) is 14.3 Å². The number of halogens is 3. The smallest absolute Gasteiger partial charge is 0.362 e. The number of carbonyl (C=O) groups excluding carboxylic acids is 3. The molecule has 208 valence electrons. The van der Waals surface area contributed by atoms with Gasteiger partial charge in [-0.05, 0) is 62.7 Å². The Morgan fingerprint density at radius 2 is 1.95 bits per heavy atom. The van der Waals surface area contributed by atoms with E-state index >= 15 is 4.39 Å². The fraction of sp³-hybridized carbons (Fsp3) is 0.444. The summed E-state index contributed by atoms with van der Waals surface area (Å²) in [6.45, 7) is 2.19. The molecular weight excluding hydrogens is 515 g/mol. The predicted octanol–water partition coefficient (Wildman–Crippen LogP) is 3.68. The summed E-state index contributed by atoms with van der Waals surface area (Å²) in [6.07, 6.45) is 2.06. The van der Waals surface area contributed by atoms with Crippen LogP contribution in [0.5, 0.6) is 0 Å². The Hall–Kier alpha value is -3.80. The van der Waals surface area contributed by atoms with E-state index in [1.807, 2.05) is 23.1 Å². The first-order chi connectivity index (χ1) is 18.7. The summed E-state index contributed by atoms with van der Waals surface area (Å²) in [7, 11) is 1.13. The lowest BCUT2D eigenvalue weighted by molar-refractivity contribution is -0.151. The number of carbonyl (C=O) groups is 3. The highest BCUT2D eigenvalue weighted by Gasteiger charge is 2.46. The lowest BCUT2D eigenvalue weighted by Crippen LogP contribution is -2.56. The zero-order valence-electron chi connectivity index (χ0n) is 21.7. The van der Waals surface area contributed by atoms with Crippen LogP contribution in [-0.4, -0.2) is 83.5 Å². The molecule has 1 saturated heterocycles. The quantitative estimate of drug-likeness (QED) is 0.353. The Morgan fingerprint density at radius 3 is 2.56 bits per heavy atom. The monoisotopic (exact) mass is 545 g/mol. The first-order valence-corrected chi connectivity index (χ1v) is 12.6. The van der Waals surface area contributed by atoms with Crippen molar-refractivity contribution < 1.29 is 32.3 Å². The minimum atomic E-state index is -1.55. The molecule has 2 aliphatic rings. The van der Waals surface area contributed by atoms with Gasteiger partial charge in [0.05, 0.1) is 19.7 Å². The number of benzene rings is 1. The molecule has 2 aromatic rings. The third kappa shape index (κ3) is 6.27. The molecule has 0 N–H and O–H groups in total.